The van der Waals surface area contributed by atoms with Crippen LogP contribution in [-0.4, -0.2) is 14.4 Å². The number of rotatable bonds is 1. The van der Waals surface area contributed by atoms with Gasteiger partial charge in [-0.15, -0.1) is 11.8 Å². The summed E-state index contributed by atoms with van der Waals surface area (Å²) < 4.78 is 2.14. The molecule has 2 heterocycles. The largest absolute Gasteiger partial charge is 0.241 e. The summed E-state index contributed by atoms with van der Waals surface area (Å²) in [6.45, 7) is 10.7. The van der Waals surface area contributed by atoms with E-state index >= 15 is 0 Å². The van der Waals surface area contributed by atoms with Crippen LogP contribution in [-0.2, 0) is 0 Å². The molecule has 0 amide bonds. The highest BCUT2D eigenvalue weighted by atomic mass is 32.2. The molecule has 0 fully saturated rings. The van der Waals surface area contributed by atoms with Crippen molar-refractivity contribution < 1.29 is 0 Å². The molecular weight excluding hydrogens is 216 g/mol. The fraction of sp³-hybridized carbons (Fsp3) is 0.462. The molecule has 0 saturated heterocycles. The quantitative estimate of drug-likeness (QED) is 0.689. The van der Waals surface area contributed by atoms with Crippen LogP contribution < -0.4 is 0 Å². The van der Waals surface area contributed by atoms with Gasteiger partial charge in [-0.1, -0.05) is 34.6 Å². The summed E-state index contributed by atoms with van der Waals surface area (Å²) in [5, 5.41) is 4.16. The highest BCUT2D eigenvalue weighted by Gasteiger charge is 2.12. The van der Waals surface area contributed by atoms with Crippen LogP contribution >= 0.6 is 11.8 Å². The van der Waals surface area contributed by atoms with E-state index < -0.39 is 0 Å². The van der Waals surface area contributed by atoms with Crippen LogP contribution in [0, 0.1) is 0 Å². The Morgan fingerprint density at radius 3 is 2.50 bits per heavy atom. The molecule has 0 bridgehead atoms. The fourth-order valence-electron chi connectivity index (χ4n) is 1.32. The summed E-state index contributed by atoms with van der Waals surface area (Å²) in [6.07, 6.45) is 3.82. The van der Waals surface area contributed by atoms with Gasteiger partial charge in [-0.25, -0.2) is 4.52 Å². The number of pyridine rings is 1. The average molecular weight is 236 g/mol. The Morgan fingerprint density at radius 2 is 1.88 bits per heavy atom. The molecule has 88 valence electrons. The lowest BCUT2D eigenvalue weighted by molar-refractivity contribution is 0.802. The summed E-state index contributed by atoms with van der Waals surface area (Å²) >= 11 is 1.88. The number of nitrogens with zero attached hydrogens (tertiary/aromatic N) is 2. The normalized spacial score (nSPS) is 11.1. The standard InChI is InChI=1S/C11H14N2S.C2H6/c1-11(2,3)14-10-5-7-13-9(8-10)4-6-12-13;1-2/h4-8H,1-3H3;1-2H3. The molecule has 0 aliphatic rings. The Labute approximate surface area is 102 Å². The molecule has 2 rings (SSSR count). The van der Waals surface area contributed by atoms with Crippen molar-refractivity contribution in [2.75, 3.05) is 0 Å². The molecule has 0 saturated carbocycles. The zero-order valence-electron chi connectivity index (χ0n) is 10.7. The maximum atomic E-state index is 4.16. The second kappa shape index (κ2) is 5.39. The third-order valence-electron chi connectivity index (χ3n) is 1.80. The van der Waals surface area contributed by atoms with Gasteiger partial charge in [0.1, 0.15) is 0 Å². The van der Waals surface area contributed by atoms with Gasteiger partial charge >= 0.3 is 0 Å². The first-order chi connectivity index (χ1) is 7.54. The fourth-order valence-corrected chi connectivity index (χ4v) is 2.33. The van der Waals surface area contributed by atoms with Crippen molar-refractivity contribution in [2.24, 2.45) is 0 Å². The summed E-state index contributed by atoms with van der Waals surface area (Å²) in [7, 11) is 0. The molecule has 16 heavy (non-hydrogen) atoms. The molecule has 0 aromatic carbocycles. The third kappa shape index (κ3) is 3.56. The van der Waals surface area contributed by atoms with Gasteiger partial charge in [0.15, 0.2) is 0 Å². The second-order valence-corrected chi connectivity index (χ2v) is 6.18. The molecule has 0 spiro atoms. The van der Waals surface area contributed by atoms with Crippen molar-refractivity contribution in [1.29, 1.82) is 0 Å². The first-order valence-corrected chi connectivity index (χ1v) is 6.49. The van der Waals surface area contributed by atoms with Gasteiger partial charge in [-0.05, 0) is 18.2 Å². The lowest BCUT2D eigenvalue weighted by Crippen LogP contribution is -2.06. The van der Waals surface area contributed by atoms with Gasteiger partial charge in [-0.2, -0.15) is 5.10 Å². The zero-order chi connectivity index (χ0) is 12.2. The van der Waals surface area contributed by atoms with Crippen LogP contribution in [0.3, 0.4) is 0 Å². The molecule has 3 heteroatoms. The molecule has 2 aromatic heterocycles. The summed E-state index contributed by atoms with van der Waals surface area (Å²) in [5.74, 6) is 0. The minimum absolute atomic E-state index is 0.262. The lowest BCUT2D eigenvalue weighted by atomic mass is 10.3. The van der Waals surface area contributed by atoms with Crippen LogP contribution in [0.25, 0.3) is 5.52 Å². The van der Waals surface area contributed by atoms with Crippen LogP contribution in [0.1, 0.15) is 34.6 Å². The molecule has 2 aromatic rings. The summed E-state index contributed by atoms with van der Waals surface area (Å²) in [5.41, 5.74) is 1.15. The Bertz CT molecular complexity index is 440. The van der Waals surface area contributed by atoms with E-state index in [4.69, 9.17) is 0 Å². The molecule has 0 unspecified atom stereocenters. The topological polar surface area (TPSA) is 17.3 Å². The smallest absolute Gasteiger partial charge is 0.0672 e. The van der Waals surface area contributed by atoms with E-state index in [1.807, 2.05) is 48.6 Å². The first kappa shape index (κ1) is 13.1. The second-order valence-electron chi connectivity index (χ2n) is 4.28. The highest BCUT2D eigenvalue weighted by Crippen LogP contribution is 2.31. The van der Waals surface area contributed by atoms with E-state index in [2.05, 4.69) is 38.0 Å². The minimum Gasteiger partial charge on any atom is -0.241 e. The predicted molar refractivity (Wildman–Crippen MR) is 72.2 cm³/mol. The molecule has 0 atom stereocenters. The monoisotopic (exact) mass is 236 g/mol. The number of aromatic nitrogens is 2. The number of hydrogen-bond acceptors (Lipinski definition) is 2. The van der Waals surface area contributed by atoms with Crippen molar-refractivity contribution in [3.05, 3.63) is 30.6 Å². The predicted octanol–water partition coefficient (Wildman–Crippen LogP) is 4.25. The summed E-state index contributed by atoms with van der Waals surface area (Å²) in [4.78, 5) is 1.30. The van der Waals surface area contributed by atoms with Crippen LogP contribution in [0.4, 0.5) is 0 Å². The zero-order valence-corrected chi connectivity index (χ0v) is 11.5. The van der Waals surface area contributed by atoms with E-state index in [0.29, 0.717) is 0 Å². The van der Waals surface area contributed by atoms with E-state index in [-0.39, 0.29) is 4.75 Å². The average Bonchev–Trinajstić information content (AvgIpc) is 2.65. The van der Waals surface area contributed by atoms with Crippen molar-refractivity contribution in [1.82, 2.24) is 9.61 Å². The van der Waals surface area contributed by atoms with Crippen LogP contribution in [0.2, 0.25) is 0 Å². The van der Waals surface area contributed by atoms with Gasteiger partial charge in [0.25, 0.3) is 0 Å². The van der Waals surface area contributed by atoms with E-state index in [0.717, 1.165) is 5.52 Å². The Hall–Kier alpha value is -0.960. The lowest BCUT2D eigenvalue weighted by Gasteiger charge is -2.17. The van der Waals surface area contributed by atoms with Crippen molar-refractivity contribution in [2.45, 2.75) is 44.3 Å². The maximum Gasteiger partial charge on any atom is 0.0672 e. The van der Waals surface area contributed by atoms with Gasteiger partial charge < -0.3 is 0 Å². The summed E-state index contributed by atoms with van der Waals surface area (Å²) in [6, 6.07) is 6.30. The van der Waals surface area contributed by atoms with Gasteiger partial charge in [0.05, 0.1) is 5.52 Å². The molecule has 0 aliphatic heterocycles. The molecule has 0 radical (unpaired) electrons. The van der Waals surface area contributed by atoms with Crippen molar-refractivity contribution in [3.8, 4) is 0 Å². The molecule has 0 N–H and O–H groups in total. The van der Waals surface area contributed by atoms with Crippen LogP contribution in [0.15, 0.2) is 35.5 Å². The SMILES string of the molecule is CC.CC(C)(C)Sc1ccn2nccc2c1. The minimum atomic E-state index is 0.262. The van der Waals surface area contributed by atoms with E-state index in [1.54, 1.807) is 0 Å². The van der Waals surface area contributed by atoms with Gasteiger partial charge in [0, 0.05) is 22.0 Å². The first-order valence-electron chi connectivity index (χ1n) is 5.67. The number of thioether (sulfide) groups is 1. The molecule has 0 aliphatic carbocycles. The molecular formula is C13H20N2S. The van der Waals surface area contributed by atoms with E-state index in [1.165, 1.54) is 4.90 Å². The number of fused-ring (bicyclic) bond motifs is 1. The van der Waals surface area contributed by atoms with Gasteiger partial charge in [-0.3, -0.25) is 0 Å². The molecule has 2 nitrogen and oxygen atoms in total. The number of hydrogen-bond donors (Lipinski definition) is 0. The maximum absolute atomic E-state index is 4.16. The van der Waals surface area contributed by atoms with Crippen LogP contribution in [0.5, 0.6) is 0 Å². The highest BCUT2D eigenvalue weighted by molar-refractivity contribution is 8.00. The van der Waals surface area contributed by atoms with Gasteiger partial charge in [0.2, 0.25) is 0 Å². The third-order valence-corrected chi connectivity index (χ3v) is 2.90. The Kier molecular flexibility index (Phi) is 4.42. The Morgan fingerprint density at radius 1 is 1.19 bits per heavy atom. The Balaban J connectivity index is 0.000000606. The van der Waals surface area contributed by atoms with Crippen molar-refractivity contribution in [3.63, 3.8) is 0 Å². The van der Waals surface area contributed by atoms with Crippen molar-refractivity contribution >= 4 is 17.3 Å². The van der Waals surface area contributed by atoms with E-state index in [9.17, 15) is 0 Å².